The molecule has 0 amide bonds. The van der Waals surface area contributed by atoms with Crippen molar-refractivity contribution < 1.29 is 22.7 Å². The van der Waals surface area contributed by atoms with Gasteiger partial charge in [0.15, 0.2) is 0 Å². The second kappa shape index (κ2) is 5.40. The Bertz CT molecular complexity index is 416. The first-order valence-electron chi connectivity index (χ1n) is 4.73. The van der Waals surface area contributed by atoms with Gasteiger partial charge in [-0.1, -0.05) is 17.7 Å². The molecule has 1 aromatic rings. The number of Topliss-reactive ketones (excluding diaryl/α,β-unsaturated/α-hetero) is 1. The predicted molar refractivity (Wildman–Crippen MR) is 57.4 cm³/mol. The van der Waals surface area contributed by atoms with Crippen LogP contribution in [0.3, 0.4) is 0 Å². The molecular formula is C11H10ClF3O2. The molecule has 0 aliphatic rings. The highest BCUT2D eigenvalue weighted by Crippen LogP contribution is 2.28. The lowest BCUT2D eigenvalue weighted by molar-refractivity contribution is -0.151. The summed E-state index contributed by atoms with van der Waals surface area (Å²) in [5.41, 5.74) is 0.283. The van der Waals surface area contributed by atoms with Crippen LogP contribution in [0.2, 0.25) is 5.02 Å². The predicted octanol–water partition coefficient (Wildman–Crippen LogP) is 3.41. The first kappa shape index (κ1) is 13.8. The lowest BCUT2D eigenvalue weighted by atomic mass is 10.1. The Morgan fingerprint density at radius 3 is 2.59 bits per heavy atom. The molecule has 94 valence electrons. The van der Waals surface area contributed by atoms with E-state index in [1.807, 2.05) is 0 Å². The number of hydrogen-bond donors (Lipinski definition) is 0. The lowest BCUT2D eigenvalue weighted by Crippen LogP contribution is -2.16. The van der Waals surface area contributed by atoms with Crippen LogP contribution in [0.15, 0.2) is 18.2 Å². The molecule has 1 aromatic carbocycles. The molecule has 0 saturated heterocycles. The van der Waals surface area contributed by atoms with Crippen LogP contribution in [0, 0.1) is 0 Å². The van der Waals surface area contributed by atoms with Crippen molar-refractivity contribution in [1.82, 2.24) is 0 Å². The molecule has 0 spiro atoms. The Kier molecular flexibility index (Phi) is 4.40. The molecule has 0 unspecified atom stereocenters. The molecule has 0 atom stereocenters. The number of alkyl halides is 3. The van der Waals surface area contributed by atoms with Crippen molar-refractivity contribution in [3.63, 3.8) is 0 Å². The summed E-state index contributed by atoms with van der Waals surface area (Å²) in [5.74, 6) is -0.628. The van der Waals surface area contributed by atoms with Crippen molar-refractivity contribution in [1.29, 1.82) is 0 Å². The molecule has 0 aliphatic heterocycles. The van der Waals surface area contributed by atoms with Gasteiger partial charge in [0.05, 0.1) is 7.11 Å². The van der Waals surface area contributed by atoms with E-state index < -0.39 is 18.4 Å². The fourth-order valence-corrected chi connectivity index (χ4v) is 1.62. The number of carbonyl (C=O) groups is 1. The van der Waals surface area contributed by atoms with Crippen molar-refractivity contribution in [3.05, 3.63) is 28.8 Å². The van der Waals surface area contributed by atoms with Crippen LogP contribution in [0.1, 0.15) is 12.0 Å². The molecule has 0 saturated carbocycles. The number of hydrogen-bond acceptors (Lipinski definition) is 2. The fraction of sp³-hybridized carbons (Fsp3) is 0.364. The van der Waals surface area contributed by atoms with E-state index >= 15 is 0 Å². The quantitative estimate of drug-likeness (QED) is 0.835. The van der Waals surface area contributed by atoms with E-state index in [4.69, 9.17) is 16.3 Å². The normalized spacial score (nSPS) is 11.4. The first-order chi connectivity index (χ1) is 7.83. The van der Waals surface area contributed by atoms with Crippen LogP contribution < -0.4 is 4.74 Å². The van der Waals surface area contributed by atoms with Gasteiger partial charge in [0, 0.05) is 17.0 Å². The second-order valence-corrected chi connectivity index (χ2v) is 3.84. The van der Waals surface area contributed by atoms with Crippen LogP contribution in [0.4, 0.5) is 13.2 Å². The fourth-order valence-electron chi connectivity index (χ4n) is 1.38. The smallest absolute Gasteiger partial charge is 0.395 e. The maximum absolute atomic E-state index is 12.0. The number of benzene rings is 1. The van der Waals surface area contributed by atoms with Gasteiger partial charge in [-0.15, -0.1) is 0 Å². The van der Waals surface area contributed by atoms with Crippen molar-refractivity contribution in [2.75, 3.05) is 7.11 Å². The van der Waals surface area contributed by atoms with Crippen LogP contribution in [-0.2, 0) is 11.2 Å². The summed E-state index contributed by atoms with van der Waals surface area (Å²) in [7, 11) is 1.36. The maximum Gasteiger partial charge on any atom is 0.395 e. The van der Waals surface area contributed by atoms with Crippen LogP contribution >= 0.6 is 11.6 Å². The monoisotopic (exact) mass is 266 g/mol. The zero-order chi connectivity index (χ0) is 13.1. The molecule has 17 heavy (non-hydrogen) atoms. The number of ketones is 1. The standard InChI is InChI=1S/C11H10ClF3O2/c1-17-10-4-2-3-9(12)8(10)5-7(16)6-11(13,14)15/h2-4H,5-6H2,1H3. The molecule has 6 heteroatoms. The van der Waals surface area contributed by atoms with Gasteiger partial charge in [0.1, 0.15) is 18.0 Å². The topological polar surface area (TPSA) is 26.3 Å². The van der Waals surface area contributed by atoms with Gasteiger partial charge in [0.25, 0.3) is 0 Å². The van der Waals surface area contributed by atoms with E-state index in [1.165, 1.54) is 13.2 Å². The first-order valence-corrected chi connectivity index (χ1v) is 5.11. The van der Waals surface area contributed by atoms with Gasteiger partial charge >= 0.3 is 6.18 Å². The van der Waals surface area contributed by atoms with Gasteiger partial charge in [-0.05, 0) is 12.1 Å². The Balaban J connectivity index is 2.84. The molecule has 0 radical (unpaired) electrons. The van der Waals surface area contributed by atoms with Crippen molar-refractivity contribution in [2.45, 2.75) is 19.0 Å². The second-order valence-electron chi connectivity index (χ2n) is 3.43. The summed E-state index contributed by atoms with van der Waals surface area (Å²) in [6.07, 6.45) is -6.34. The molecule has 0 fully saturated rings. The number of methoxy groups -OCH3 is 1. The van der Waals surface area contributed by atoms with E-state index in [-0.39, 0.29) is 17.0 Å². The third-order valence-corrected chi connectivity index (χ3v) is 2.42. The molecule has 0 bridgehead atoms. The number of carbonyl (C=O) groups excluding carboxylic acids is 1. The molecular weight excluding hydrogens is 257 g/mol. The van der Waals surface area contributed by atoms with Gasteiger partial charge in [-0.25, -0.2) is 0 Å². The van der Waals surface area contributed by atoms with Crippen molar-refractivity contribution >= 4 is 17.4 Å². The Morgan fingerprint density at radius 2 is 2.06 bits per heavy atom. The van der Waals surface area contributed by atoms with E-state index in [0.29, 0.717) is 5.75 Å². The minimum absolute atomic E-state index is 0.222. The highest BCUT2D eigenvalue weighted by Gasteiger charge is 2.31. The Hall–Kier alpha value is -1.23. The summed E-state index contributed by atoms with van der Waals surface area (Å²) in [5, 5.41) is 0.222. The third-order valence-electron chi connectivity index (χ3n) is 2.07. The molecule has 1 rings (SSSR count). The SMILES string of the molecule is COc1cccc(Cl)c1CC(=O)CC(F)(F)F. The summed E-state index contributed by atoms with van der Waals surface area (Å²) < 4.78 is 41.0. The van der Waals surface area contributed by atoms with Crippen LogP contribution in [-0.4, -0.2) is 19.1 Å². The largest absolute Gasteiger partial charge is 0.496 e. The van der Waals surface area contributed by atoms with E-state index in [1.54, 1.807) is 12.1 Å². The summed E-state index contributed by atoms with van der Waals surface area (Å²) in [6, 6.07) is 4.64. The minimum atomic E-state index is -4.49. The average Bonchev–Trinajstić information content (AvgIpc) is 2.18. The van der Waals surface area contributed by atoms with Gasteiger partial charge in [-0.2, -0.15) is 13.2 Å². The average molecular weight is 267 g/mol. The van der Waals surface area contributed by atoms with E-state index in [0.717, 1.165) is 0 Å². The molecule has 0 aliphatic carbocycles. The zero-order valence-electron chi connectivity index (χ0n) is 8.97. The van der Waals surface area contributed by atoms with Crippen LogP contribution in [0.5, 0.6) is 5.75 Å². The highest BCUT2D eigenvalue weighted by atomic mass is 35.5. The van der Waals surface area contributed by atoms with Gasteiger partial charge < -0.3 is 4.74 Å². The molecule has 2 nitrogen and oxygen atoms in total. The minimum Gasteiger partial charge on any atom is -0.496 e. The summed E-state index contributed by atoms with van der Waals surface area (Å²) in [6.45, 7) is 0. The Labute approximate surface area is 101 Å². The number of ether oxygens (including phenoxy) is 1. The van der Waals surface area contributed by atoms with Crippen molar-refractivity contribution in [2.24, 2.45) is 0 Å². The van der Waals surface area contributed by atoms with E-state index in [9.17, 15) is 18.0 Å². The molecule has 0 N–H and O–H groups in total. The summed E-state index contributed by atoms with van der Waals surface area (Å²) >= 11 is 5.81. The zero-order valence-corrected chi connectivity index (χ0v) is 9.73. The highest BCUT2D eigenvalue weighted by molar-refractivity contribution is 6.31. The number of rotatable bonds is 4. The van der Waals surface area contributed by atoms with E-state index in [2.05, 4.69) is 0 Å². The summed E-state index contributed by atoms with van der Waals surface area (Å²) in [4.78, 5) is 11.2. The molecule has 0 aromatic heterocycles. The number of halogens is 4. The van der Waals surface area contributed by atoms with Gasteiger partial charge in [-0.3, -0.25) is 4.79 Å². The van der Waals surface area contributed by atoms with Crippen LogP contribution in [0.25, 0.3) is 0 Å². The lowest BCUT2D eigenvalue weighted by Gasteiger charge is -2.10. The third kappa shape index (κ3) is 4.26. The van der Waals surface area contributed by atoms with Crippen molar-refractivity contribution in [3.8, 4) is 5.75 Å². The Morgan fingerprint density at radius 1 is 1.41 bits per heavy atom. The molecule has 0 heterocycles. The maximum atomic E-state index is 12.0. The van der Waals surface area contributed by atoms with Gasteiger partial charge in [0.2, 0.25) is 0 Å².